The number of rotatable bonds is 39. The van der Waals surface area contributed by atoms with Gasteiger partial charge < -0.3 is 85.3 Å². The maximum Gasteiger partial charge on any atom is 0.338 e. The number of esters is 6. The Labute approximate surface area is 731 Å². The van der Waals surface area contributed by atoms with Crippen LogP contribution in [0.3, 0.4) is 0 Å². The third kappa shape index (κ3) is 27.4. The summed E-state index contributed by atoms with van der Waals surface area (Å²) in [6.45, 7) is 22.9. The van der Waals surface area contributed by atoms with E-state index in [1.54, 1.807) is 146 Å². The Morgan fingerprint density at radius 3 is 1.18 bits per heavy atom. The zero-order valence-electron chi connectivity index (χ0n) is 73.9. The van der Waals surface area contributed by atoms with Crippen molar-refractivity contribution in [2.75, 3.05) is 72.7 Å². The number of carbonyl (C=O) groups is 8. The summed E-state index contributed by atoms with van der Waals surface area (Å²) in [4.78, 5) is 122. The van der Waals surface area contributed by atoms with E-state index >= 15 is 19.2 Å². The molecule has 3 fully saturated rings. The fourth-order valence-corrected chi connectivity index (χ4v) is 14.1. The summed E-state index contributed by atoms with van der Waals surface area (Å²) in [6, 6.07) is 46.3. The first-order chi connectivity index (χ1) is 59.2. The standard InChI is InChI=1S/C94H119NO29S/c1-59-41-43-64(44-42-59)125(104,105)115-52-50-108-48-46-106-45-47-107-49-51-110-83-77(123-88(102)93(11,12)13)75(121-86(100)91(5,6)7)73(69(117-83)58-114-85(99)90(2,3)4)120-84-78(124-89(103)94(14,15)16)76(122-87(101)92(8,9)10)72(68(118-84)57-113-81(98)63-37-27-20-28-38-63)119-82-70(95-79(96)65-39-29-30-40-66(65)80(95)97)74(112-55-62-35-25-19-26-36-62)71(111-54-61-33-23-18-24-34-61)67(116-82)56-109-53-60-31-21-17-22-32-60/h17-44,67-78,82-84H,45-58H2,1-16H3/t67-,68-,69-,70-,71+,72+,73-,74-,75+,76+,77-,78-,82+,83-,84+/m1/s1. The van der Waals surface area contributed by atoms with E-state index in [-0.39, 0.29) is 101 Å². The first kappa shape index (κ1) is 97.9. The lowest BCUT2D eigenvalue weighted by Crippen LogP contribution is -2.70. The Balaban J connectivity index is 1.07. The SMILES string of the molecule is Cc1ccc(S(=O)(=O)OCCOCCOCCOCCO[C@@H]2O[C@H](COC(=O)C(C)(C)C)[C@@H](O[C@@H]3O[C@H](COC(=O)c4ccccc4)[C@H](O[C@@H]4O[C@H](COCc5ccccc5)[C@H](OCc5ccccc5)[C@H](OCc5ccccc5)[C@H]4N4C(=O)c5ccccc5C4=O)[C@H](OC(=O)C(C)(C)C)[C@H]3OC(=O)C(C)(C)C)[C@H](OC(=O)C(C)(C)C)[C@H]2OC(=O)C(C)(C)C)cc1. The molecule has 0 saturated carbocycles. The number of benzene rings is 6. The van der Waals surface area contributed by atoms with Gasteiger partial charge in [-0.05, 0) is 164 Å². The molecule has 0 aromatic heterocycles. The lowest BCUT2D eigenvalue weighted by atomic mass is 9.92. The van der Waals surface area contributed by atoms with E-state index in [9.17, 15) is 27.6 Å². The predicted octanol–water partition coefficient (Wildman–Crippen LogP) is 12.0. The second kappa shape index (κ2) is 43.9. The first-order valence-corrected chi connectivity index (χ1v) is 43.3. The summed E-state index contributed by atoms with van der Waals surface area (Å²) in [6.07, 6.45) is -25.0. The molecule has 125 heavy (non-hydrogen) atoms. The summed E-state index contributed by atoms with van der Waals surface area (Å²) in [7, 11) is -3.99. The monoisotopic (exact) mass is 1760 g/mol. The third-order valence-corrected chi connectivity index (χ3v) is 21.6. The van der Waals surface area contributed by atoms with Crippen molar-refractivity contribution < 1.29 is 136 Å². The van der Waals surface area contributed by atoms with E-state index in [1.165, 1.54) is 36.4 Å². The number of hydrogen-bond donors (Lipinski definition) is 0. The maximum atomic E-state index is 15.6. The normalized spacial score (nSPS) is 23.7. The summed E-state index contributed by atoms with van der Waals surface area (Å²) in [5, 5.41) is 0. The van der Waals surface area contributed by atoms with Gasteiger partial charge in [-0.25, -0.2) is 4.79 Å². The van der Waals surface area contributed by atoms with Crippen molar-refractivity contribution in [3.05, 3.63) is 209 Å². The number of nitrogens with zero attached hydrogens (tertiary/aromatic N) is 1. The van der Waals surface area contributed by atoms with E-state index in [1.807, 2.05) is 97.9 Å². The van der Waals surface area contributed by atoms with Gasteiger partial charge in [-0.1, -0.05) is 139 Å². The van der Waals surface area contributed by atoms with Crippen LogP contribution in [0.25, 0.3) is 0 Å². The molecule has 0 spiro atoms. The van der Waals surface area contributed by atoms with Crippen molar-refractivity contribution >= 4 is 57.7 Å². The van der Waals surface area contributed by atoms with Crippen LogP contribution in [0.1, 0.15) is 157 Å². The smallest absolute Gasteiger partial charge is 0.338 e. The zero-order chi connectivity index (χ0) is 90.6. The van der Waals surface area contributed by atoms with Crippen LogP contribution in [0, 0.1) is 34.0 Å². The summed E-state index contributed by atoms with van der Waals surface area (Å²) >= 11 is 0. The highest BCUT2D eigenvalue weighted by Crippen LogP contribution is 2.43. The molecule has 2 amide bonds. The molecule has 4 aliphatic heterocycles. The van der Waals surface area contributed by atoms with E-state index in [4.69, 9.17) is 89.4 Å². The number of imide groups is 1. The molecule has 0 bridgehead atoms. The molecule has 0 aliphatic carbocycles. The van der Waals surface area contributed by atoms with Crippen molar-refractivity contribution in [2.45, 2.75) is 228 Å². The van der Waals surface area contributed by atoms with Crippen LogP contribution in [0.15, 0.2) is 175 Å². The van der Waals surface area contributed by atoms with Crippen LogP contribution in [0.5, 0.6) is 0 Å². The Kier molecular flexibility index (Phi) is 34.4. The molecule has 4 aliphatic rings. The number of aryl methyl sites for hydroxylation is 1. The topological polar surface area (TPSA) is 349 Å². The van der Waals surface area contributed by atoms with Crippen LogP contribution < -0.4 is 0 Å². The second-order valence-corrected chi connectivity index (χ2v) is 37.6. The Morgan fingerprint density at radius 2 is 0.720 bits per heavy atom. The molecule has 6 aromatic rings. The number of ether oxygens (including phenoxy) is 18. The van der Waals surface area contributed by atoms with Gasteiger partial charge in [0, 0.05) is 0 Å². The lowest BCUT2D eigenvalue weighted by molar-refractivity contribution is -0.379. The Morgan fingerprint density at radius 1 is 0.352 bits per heavy atom. The highest BCUT2D eigenvalue weighted by Gasteiger charge is 2.62. The maximum absolute atomic E-state index is 15.6. The average molecular weight is 1760 g/mol. The van der Waals surface area contributed by atoms with Crippen LogP contribution in [-0.2, 0) is 143 Å². The number of amides is 2. The largest absolute Gasteiger partial charge is 0.462 e. The first-order valence-electron chi connectivity index (χ1n) is 41.9. The lowest BCUT2D eigenvalue weighted by Gasteiger charge is -2.52. The minimum absolute atomic E-state index is 0.0206. The fourth-order valence-electron chi connectivity index (χ4n) is 13.2. The molecule has 3 saturated heterocycles. The van der Waals surface area contributed by atoms with E-state index in [0.29, 0.717) is 5.56 Å². The van der Waals surface area contributed by atoms with Gasteiger partial charge in [0.15, 0.2) is 43.3 Å². The van der Waals surface area contributed by atoms with Crippen molar-refractivity contribution in [3.63, 3.8) is 0 Å². The van der Waals surface area contributed by atoms with Gasteiger partial charge in [-0.3, -0.25) is 42.6 Å². The zero-order valence-corrected chi connectivity index (χ0v) is 74.7. The van der Waals surface area contributed by atoms with Crippen molar-refractivity contribution in [1.29, 1.82) is 0 Å². The Bertz CT molecular complexity index is 4600. The summed E-state index contributed by atoms with van der Waals surface area (Å²) < 4.78 is 150. The molecule has 4 heterocycles. The minimum Gasteiger partial charge on any atom is -0.462 e. The van der Waals surface area contributed by atoms with Gasteiger partial charge in [0.2, 0.25) is 0 Å². The van der Waals surface area contributed by atoms with Crippen LogP contribution in [0.4, 0.5) is 0 Å². The second-order valence-electron chi connectivity index (χ2n) is 36.0. The van der Waals surface area contributed by atoms with Crippen LogP contribution in [-0.4, -0.2) is 226 Å². The fraction of sp³-hybridized carbons (Fsp3) is 0.532. The van der Waals surface area contributed by atoms with Gasteiger partial charge in [0.25, 0.3) is 21.9 Å². The van der Waals surface area contributed by atoms with Gasteiger partial charge >= 0.3 is 35.8 Å². The molecule has 6 aromatic carbocycles. The molecule has 30 nitrogen and oxygen atoms in total. The van der Waals surface area contributed by atoms with Crippen LogP contribution in [0.2, 0.25) is 0 Å². The molecule has 0 unspecified atom stereocenters. The number of carbonyl (C=O) groups excluding carboxylic acids is 8. The minimum atomic E-state index is -3.99. The molecule has 0 radical (unpaired) electrons. The average Bonchev–Trinajstić information content (AvgIpc) is 1.70. The van der Waals surface area contributed by atoms with Crippen molar-refractivity contribution in [2.24, 2.45) is 27.1 Å². The molecular formula is C94H119NO29S. The predicted molar refractivity (Wildman–Crippen MR) is 450 cm³/mol. The molecule has 15 atom stereocenters. The summed E-state index contributed by atoms with van der Waals surface area (Å²) in [5.74, 6) is -6.90. The number of fused-ring (bicyclic) bond motifs is 1. The van der Waals surface area contributed by atoms with Gasteiger partial charge in [-0.15, -0.1) is 0 Å². The molecular weight excluding hydrogens is 1640 g/mol. The highest BCUT2D eigenvalue weighted by atomic mass is 32.2. The molecule has 680 valence electrons. The summed E-state index contributed by atoms with van der Waals surface area (Å²) in [5.41, 5.74) is -3.46. The molecule has 0 N–H and O–H groups in total. The molecule has 10 rings (SSSR count). The van der Waals surface area contributed by atoms with Gasteiger partial charge in [0.1, 0.15) is 62.0 Å². The van der Waals surface area contributed by atoms with Crippen molar-refractivity contribution in [1.82, 2.24) is 4.90 Å². The van der Waals surface area contributed by atoms with Gasteiger partial charge in [0.05, 0.1) is 128 Å². The van der Waals surface area contributed by atoms with Crippen molar-refractivity contribution in [3.8, 4) is 0 Å². The quantitative estimate of drug-likeness (QED) is 0.0114. The Hall–Kier alpha value is -9.29. The molecule has 31 heteroatoms. The van der Waals surface area contributed by atoms with E-state index < -0.39 is 190 Å². The van der Waals surface area contributed by atoms with Crippen LogP contribution >= 0.6 is 0 Å². The highest BCUT2D eigenvalue weighted by molar-refractivity contribution is 7.86. The van der Waals surface area contributed by atoms with E-state index in [2.05, 4.69) is 0 Å². The van der Waals surface area contributed by atoms with E-state index in [0.717, 1.165) is 21.6 Å². The number of hydrogen-bond acceptors (Lipinski definition) is 29. The third-order valence-electron chi connectivity index (χ3n) is 20.3. The van der Waals surface area contributed by atoms with Gasteiger partial charge in [-0.2, -0.15) is 8.42 Å².